The highest BCUT2D eigenvalue weighted by Crippen LogP contribution is 2.25. The van der Waals surface area contributed by atoms with Crippen LogP contribution in [0.2, 0.25) is 0 Å². The van der Waals surface area contributed by atoms with Gasteiger partial charge < -0.3 is 10.6 Å². The number of rotatable bonds is 12. The first-order valence-electron chi connectivity index (χ1n) is 10.3. The number of anilines is 2. The molecule has 0 radical (unpaired) electrons. The van der Waals surface area contributed by atoms with E-state index in [1.165, 1.54) is 0 Å². The van der Waals surface area contributed by atoms with Crippen LogP contribution in [0.15, 0.2) is 24.3 Å². The molecule has 0 aliphatic rings. The molecular weight excluding hydrogens is 324 g/mol. The van der Waals surface area contributed by atoms with Crippen LogP contribution in [-0.4, -0.2) is 11.8 Å². The molecule has 0 aliphatic carbocycles. The number of benzene rings is 1. The molecule has 1 rings (SSSR count). The fourth-order valence-electron chi connectivity index (χ4n) is 3.11. The van der Waals surface area contributed by atoms with Crippen LogP contribution in [0, 0.1) is 11.8 Å². The first-order chi connectivity index (χ1) is 12.6. The molecule has 1 aromatic rings. The monoisotopic (exact) mass is 360 g/mol. The Hall–Kier alpha value is -1.84. The summed E-state index contributed by atoms with van der Waals surface area (Å²) in [6, 6.07) is 7.47. The van der Waals surface area contributed by atoms with E-state index in [4.69, 9.17) is 0 Å². The average Bonchev–Trinajstić information content (AvgIpc) is 2.64. The Balaban J connectivity index is 2.80. The van der Waals surface area contributed by atoms with Crippen molar-refractivity contribution in [3.05, 3.63) is 24.3 Å². The minimum Gasteiger partial charge on any atom is -0.324 e. The van der Waals surface area contributed by atoms with E-state index in [9.17, 15) is 9.59 Å². The first kappa shape index (κ1) is 22.2. The van der Waals surface area contributed by atoms with Crippen molar-refractivity contribution >= 4 is 23.2 Å². The molecule has 2 unspecified atom stereocenters. The number of carbonyl (C=O) groups excluding carboxylic acids is 2. The maximum Gasteiger partial charge on any atom is 0.227 e. The first-order valence-corrected chi connectivity index (χ1v) is 10.3. The molecule has 0 aliphatic heterocycles. The third-order valence-corrected chi connectivity index (χ3v) is 4.98. The summed E-state index contributed by atoms with van der Waals surface area (Å²) in [5, 5.41) is 6.04. The van der Waals surface area contributed by atoms with E-state index in [2.05, 4.69) is 24.5 Å². The van der Waals surface area contributed by atoms with Gasteiger partial charge >= 0.3 is 0 Å². The fourth-order valence-corrected chi connectivity index (χ4v) is 3.11. The van der Waals surface area contributed by atoms with Gasteiger partial charge in [0.05, 0.1) is 11.4 Å². The molecule has 0 fully saturated rings. The summed E-state index contributed by atoms with van der Waals surface area (Å²) in [6.45, 7) is 8.37. The maximum absolute atomic E-state index is 12.6. The van der Waals surface area contributed by atoms with Crippen molar-refractivity contribution < 1.29 is 9.59 Å². The maximum atomic E-state index is 12.6. The topological polar surface area (TPSA) is 58.2 Å². The van der Waals surface area contributed by atoms with E-state index in [1.807, 2.05) is 38.1 Å². The Bertz CT molecular complexity index is 508. The third kappa shape index (κ3) is 7.19. The molecule has 4 heteroatoms. The van der Waals surface area contributed by atoms with Gasteiger partial charge in [-0.2, -0.15) is 0 Å². The number of hydrogen-bond donors (Lipinski definition) is 2. The van der Waals surface area contributed by atoms with Gasteiger partial charge in [-0.05, 0) is 37.8 Å². The van der Waals surface area contributed by atoms with Crippen molar-refractivity contribution in [2.75, 3.05) is 10.6 Å². The van der Waals surface area contributed by atoms with Crippen LogP contribution in [0.1, 0.15) is 79.1 Å². The quantitative estimate of drug-likeness (QED) is 0.480. The highest BCUT2D eigenvalue weighted by Gasteiger charge is 2.20. The second-order valence-corrected chi connectivity index (χ2v) is 7.02. The van der Waals surface area contributed by atoms with E-state index in [-0.39, 0.29) is 23.7 Å². The van der Waals surface area contributed by atoms with Gasteiger partial charge in [0, 0.05) is 11.8 Å². The Kier molecular flexibility index (Phi) is 10.7. The summed E-state index contributed by atoms with van der Waals surface area (Å²) in [5.41, 5.74) is 1.37. The summed E-state index contributed by atoms with van der Waals surface area (Å²) in [6.07, 6.45) is 7.76. The summed E-state index contributed by atoms with van der Waals surface area (Å²) in [5.74, 6) is 0.125. The molecule has 0 saturated carbocycles. The van der Waals surface area contributed by atoms with Crippen LogP contribution in [0.3, 0.4) is 0 Å². The molecule has 2 amide bonds. The van der Waals surface area contributed by atoms with Gasteiger partial charge in [0.15, 0.2) is 0 Å². The van der Waals surface area contributed by atoms with Crippen molar-refractivity contribution in [1.29, 1.82) is 0 Å². The summed E-state index contributed by atoms with van der Waals surface area (Å²) in [4.78, 5) is 25.2. The Morgan fingerprint density at radius 2 is 1.15 bits per heavy atom. The van der Waals surface area contributed by atoms with Crippen LogP contribution in [-0.2, 0) is 9.59 Å². The van der Waals surface area contributed by atoms with E-state index in [0.29, 0.717) is 11.4 Å². The molecule has 1 aromatic carbocycles. The Morgan fingerprint density at radius 3 is 1.46 bits per heavy atom. The van der Waals surface area contributed by atoms with Gasteiger partial charge in [-0.1, -0.05) is 65.5 Å². The zero-order valence-corrected chi connectivity index (χ0v) is 16.9. The van der Waals surface area contributed by atoms with E-state index >= 15 is 0 Å². The zero-order valence-electron chi connectivity index (χ0n) is 16.9. The normalized spacial score (nSPS) is 13.1. The van der Waals surface area contributed by atoms with Gasteiger partial charge in [0.1, 0.15) is 0 Å². The van der Waals surface area contributed by atoms with Crippen LogP contribution in [0.4, 0.5) is 11.4 Å². The van der Waals surface area contributed by atoms with Crippen LogP contribution < -0.4 is 10.6 Å². The molecule has 4 nitrogen and oxygen atoms in total. The second-order valence-electron chi connectivity index (χ2n) is 7.02. The van der Waals surface area contributed by atoms with Crippen molar-refractivity contribution in [2.24, 2.45) is 11.8 Å². The van der Waals surface area contributed by atoms with Crippen LogP contribution in [0.5, 0.6) is 0 Å². The minimum atomic E-state index is 0.0200. The second kappa shape index (κ2) is 12.5. The minimum absolute atomic E-state index is 0.0200. The predicted octanol–water partition coefficient (Wildman–Crippen LogP) is 6.00. The molecule has 0 heterocycles. The lowest BCUT2D eigenvalue weighted by Crippen LogP contribution is -2.25. The van der Waals surface area contributed by atoms with Gasteiger partial charge in [-0.15, -0.1) is 0 Å². The third-order valence-electron chi connectivity index (χ3n) is 4.98. The van der Waals surface area contributed by atoms with Gasteiger partial charge in [-0.25, -0.2) is 0 Å². The van der Waals surface area contributed by atoms with Crippen molar-refractivity contribution in [2.45, 2.75) is 79.1 Å². The highest BCUT2D eigenvalue weighted by atomic mass is 16.2. The number of unbranched alkanes of at least 4 members (excludes halogenated alkanes) is 2. The predicted molar refractivity (Wildman–Crippen MR) is 110 cm³/mol. The summed E-state index contributed by atoms with van der Waals surface area (Å²) >= 11 is 0. The van der Waals surface area contributed by atoms with E-state index in [1.54, 1.807) is 0 Å². The van der Waals surface area contributed by atoms with Crippen LogP contribution in [0.25, 0.3) is 0 Å². The lowest BCUT2D eigenvalue weighted by Gasteiger charge is -2.19. The Labute approximate surface area is 159 Å². The Morgan fingerprint density at radius 1 is 0.769 bits per heavy atom. The number of carbonyl (C=O) groups is 2. The van der Waals surface area contributed by atoms with Gasteiger partial charge in [0.25, 0.3) is 0 Å². The molecule has 2 atom stereocenters. The molecule has 2 N–H and O–H groups in total. The van der Waals surface area contributed by atoms with Crippen LogP contribution >= 0.6 is 0 Å². The van der Waals surface area contributed by atoms with Gasteiger partial charge in [0.2, 0.25) is 11.8 Å². The standard InChI is InChI=1S/C22H36N2O2/c1-5-9-13-17(7-3)21(25)23-19-15-11-12-16-20(19)24-22(26)18(8-4)14-10-6-2/h11-12,15-18H,5-10,13-14H2,1-4H3,(H,23,25)(H,24,26). The molecule has 26 heavy (non-hydrogen) atoms. The van der Waals surface area contributed by atoms with Crippen molar-refractivity contribution in [3.63, 3.8) is 0 Å². The summed E-state index contributed by atoms with van der Waals surface area (Å²) < 4.78 is 0. The molecule has 146 valence electrons. The average molecular weight is 361 g/mol. The fraction of sp³-hybridized carbons (Fsp3) is 0.636. The molecule has 0 bridgehead atoms. The number of amides is 2. The lowest BCUT2D eigenvalue weighted by molar-refractivity contribution is -0.121. The molecule has 0 spiro atoms. The number of para-hydroxylation sites is 2. The highest BCUT2D eigenvalue weighted by molar-refractivity contribution is 6.00. The van der Waals surface area contributed by atoms with Crippen molar-refractivity contribution in [1.82, 2.24) is 0 Å². The van der Waals surface area contributed by atoms with E-state index < -0.39 is 0 Å². The number of hydrogen-bond acceptors (Lipinski definition) is 2. The molecular formula is C22H36N2O2. The van der Waals surface area contributed by atoms with Crippen molar-refractivity contribution in [3.8, 4) is 0 Å². The largest absolute Gasteiger partial charge is 0.324 e. The van der Waals surface area contributed by atoms with Gasteiger partial charge in [-0.3, -0.25) is 9.59 Å². The smallest absolute Gasteiger partial charge is 0.227 e. The lowest BCUT2D eigenvalue weighted by atomic mass is 9.98. The SMILES string of the molecule is CCCCC(CC)C(=O)Nc1ccccc1NC(=O)C(CC)CCCC. The number of nitrogens with one attached hydrogen (secondary N) is 2. The molecule has 0 aromatic heterocycles. The van der Waals surface area contributed by atoms with E-state index in [0.717, 1.165) is 51.4 Å². The summed E-state index contributed by atoms with van der Waals surface area (Å²) in [7, 11) is 0. The molecule has 0 saturated heterocycles. The zero-order chi connectivity index (χ0) is 19.4.